The Morgan fingerprint density at radius 1 is 0.462 bits per heavy atom. The molecule has 0 heterocycles. The molecule has 0 atom stereocenters. The smallest absolute Gasteiger partial charge is 0.409 e. The van der Waals surface area contributed by atoms with E-state index in [0.717, 1.165) is 57.9 Å². The minimum atomic E-state index is -0.442. The molecule has 65 heavy (non-hydrogen) atoms. The van der Waals surface area contributed by atoms with E-state index in [9.17, 15) is 19.2 Å². The number of rotatable bonds is 48. The molecule has 0 aliphatic carbocycles. The van der Waals surface area contributed by atoms with Gasteiger partial charge in [0.2, 0.25) is 0 Å². The van der Waals surface area contributed by atoms with Crippen molar-refractivity contribution < 1.29 is 38.1 Å². The number of hydrogen-bond donors (Lipinski definition) is 1. The third-order valence-corrected chi connectivity index (χ3v) is 14.0. The van der Waals surface area contributed by atoms with Gasteiger partial charge in [-0.3, -0.25) is 9.59 Å². The molecule has 0 spiro atoms. The van der Waals surface area contributed by atoms with Gasteiger partial charge in [-0.2, -0.15) is 0 Å². The molecule has 0 unspecified atom stereocenters. The van der Waals surface area contributed by atoms with Gasteiger partial charge in [-0.05, 0) is 78.3 Å². The predicted molar refractivity (Wildman–Crippen MR) is 276 cm³/mol. The van der Waals surface area contributed by atoms with Crippen LogP contribution in [0, 0.1) is 0 Å². The van der Waals surface area contributed by atoms with Crippen molar-refractivity contribution in [3.63, 3.8) is 0 Å². The number of likely N-dealkylation sites (N-methyl/N-ethyl adjacent to an activating group) is 1. The molecule has 0 aromatic heterocycles. The number of alkyl carbamates (subject to hydrolysis) is 1. The lowest BCUT2D eigenvalue weighted by atomic mass is 10.0. The molecule has 384 valence electrons. The largest absolute Gasteiger partial charge is 0.462 e. The first kappa shape index (κ1) is 63.1. The highest BCUT2D eigenvalue weighted by Crippen LogP contribution is 2.22. The minimum Gasteiger partial charge on any atom is -0.462 e. The third-order valence-electron chi connectivity index (χ3n) is 11.7. The number of nitrogens with zero attached hydrogens (tertiary/aromatic N) is 2. The molecule has 0 fully saturated rings. The summed E-state index contributed by atoms with van der Waals surface area (Å²) in [6.07, 6.45) is 33.1. The number of carbonyl (C=O) groups excluding carboxylic acids is 4. The van der Waals surface area contributed by atoms with Crippen molar-refractivity contribution in [1.29, 1.82) is 0 Å². The van der Waals surface area contributed by atoms with Crippen molar-refractivity contribution in [1.82, 2.24) is 15.1 Å². The second-order valence-corrected chi connectivity index (χ2v) is 21.0. The van der Waals surface area contributed by atoms with Crippen LogP contribution in [0.1, 0.15) is 233 Å². The van der Waals surface area contributed by atoms with Gasteiger partial charge >= 0.3 is 24.1 Å². The first-order chi connectivity index (χ1) is 31.7. The molecule has 2 amide bonds. The normalized spacial score (nSPS) is 11.4. The molecule has 0 radical (unpaired) electrons. The van der Waals surface area contributed by atoms with E-state index < -0.39 is 12.2 Å². The first-order valence-corrected chi connectivity index (χ1v) is 29.3. The lowest BCUT2D eigenvalue weighted by Crippen LogP contribution is -2.34. The Labute approximate surface area is 407 Å². The van der Waals surface area contributed by atoms with Crippen LogP contribution < -0.4 is 5.32 Å². The number of esters is 2. The number of carbonyl (C=O) groups is 4. The van der Waals surface area contributed by atoms with Crippen molar-refractivity contribution in [3.05, 3.63) is 0 Å². The number of nitrogens with one attached hydrogen (secondary N) is 1. The number of amides is 2. The Morgan fingerprint density at radius 2 is 0.815 bits per heavy atom. The van der Waals surface area contributed by atoms with Gasteiger partial charge in [0.05, 0.1) is 0 Å². The lowest BCUT2D eigenvalue weighted by molar-refractivity contribution is -0.150. The van der Waals surface area contributed by atoms with Crippen molar-refractivity contribution in [2.24, 2.45) is 0 Å². The number of hydrogen-bond acceptors (Lipinski definition) is 11. The van der Waals surface area contributed by atoms with Crippen LogP contribution in [0.4, 0.5) is 9.59 Å². The maximum absolute atomic E-state index is 13.4. The molecule has 0 aromatic rings. The molecular weight excluding hydrogens is 859 g/mol. The summed E-state index contributed by atoms with van der Waals surface area (Å²) in [5.41, 5.74) is 0. The molecule has 0 aliphatic rings. The van der Waals surface area contributed by atoms with Gasteiger partial charge in [-0.25, -0.2) is 9.59 Å². The monoisotopic (exact) mass is 960 g/mol. The van der Waals surface area contributed by atoms with Crippen LogP contribution in [0.2, 0.25) is 0 Å². The van der Waals surface area contributed by atoms with Gasteiger partial charge in [0.25, 0.3) is 0 Å². The summed E-state index contributed by atoms with van der Waals surface area (Å²) in [6.45, 7) is 11.4. The second-order valence-electron chi connectivity index (χ2n) is 18.3. The van der Waals surface area contributed by atoms with Crippen LogP contribution >= 0.6 is 21.6 Å². The van der Waals surface area contributed by atoms with E-state index in [-0.39, 0.29) is 43.6 Å². The lowest BCUT2D eigenvalue weighted by Gasteiger charge is -2.23. The highest BCUT2D eigenvalue weighted by Gasteiger charge is 2.20. The standard InChI is InChI=1S/C52H101N3O8S2/c1-7-11-15-19-23-27-33-47(34-28-24-20-16-12-8-2)62-49(56)37-31-40-55(52(59)61-44-46-65-64-45-43-60-51(58)53-39-42-54(5)6)41-32-38-50(57)63-48(35-29-25-21-17-13-9-3)36-30-26-22-18-14-10-4/h47-48H,7-46H2,1-6H3,(H,53,58). The SMILES string of the molecule is CCCCCCCCC(CCCCCCCC)OC(=O)CCCN(CCCC(=O)OC(CCCCCCCC)CCCCCCCC)C(=O)OCCSSCCOC(=O)NCCN(C)C. The fourth-order valence-corrected chi connectivity index (χ4v) is 9.37. The van der Waals surface area contributed by atoms with E-state index in [2.05, 4.69) is 33.0 Å². The van der Waals surface area contributed by atoms with Crippen LogP contribution in [-0.2, 0) is 28.5 Å². The van der Waals surface area contributed by atoms with Gasteiger partial charge < -0.3 is 34.1 Å². The van der Waals surface area contributed by atoms with Crippen LogP contribution in [0.25, 0.3) is 0 Å². The summed E-state index contributed by atoms with van der Waals surface area (Å²) < 4.78 is 23.1. The number of ether oxygens (including phenoxy) is 4. The van der Waals surface area contributed by atoms with Crippen LogP contribution in [0.3, 0.4) is 0 Å². The third kappa shape index (κ3) is 44.4. The molecule has 0 saturated carbocycles. The van der Waals surface area contributed by atoms with Crippen LogP contribution in [-0.4, -0.2) is 111 Å². The summed E-state index contributed by atoms with van der Waals surface area (Å²) >= 11 is 0. The average Bonchev–Trinajstić information content (AvgIpc) is 3.28. The van der Waals surface area contributed by atoms with Gasteiger partial charge in [0, 0.05) is 50.5 Å². The molecule has 11 nitrogen and oxygen atoms in total. The molecule has 0 aliphatic heterocycles. The Balaban J connectivity index is 5.27. The average molecular weight is 961 g/mol. The summed E-state index contributed by atoms with van der Waals surface area (Å²) in [5, 5.41) is 2.73. The van der Waals surface area contributed by atoms with Gasteiger partial charge in [0.15, 0.2) is 0 Å². The first-order valence-electron chi connectivity index (χ1n) is 26.8. The van der Waals surface area contributed by atoms with Crippen molar-refractivity contribution in [2.45, 2.75) is 245 Å². The fraction of sp³-hybridized carbons (Fsp3) is 0.923. The van der Waals surface area contributed by atoms with Crippen molar-refractivity contribution in [3.8, 4) is 0 Å². The molecule has 0 aromatic carbocycles. The quantitative estimate of drug-likeness (QED) is 0.0271. The molecule has 0 rings (SSSR count). The molecule has 0 saturated heterocycles. The van der Waals surface area contributed by atoms with E-state index in [4.69, 9.17) is 18.9 Å². The molecule has 0 bridgehead atoms. The summed E-state index contributed by atoms with van der Waals surface area (Å²) in [5.74, 6) is 0.799. The van der Waals surface area contributed by atoms with Gasteiger partial charge in [0.1, 0.15) is 25.4 Å². The summed E-state index contributed by atoms with van der Waals surface area (Å²) in [4.78, 5) is 55.3. The topological polar surface area (TPSA) is 124 Å². The molecular formula is C52H101N3O8S2. The Morgan fingerprint density at radius 3 is 1.18 bits per heavy atom. The second kappa shape index (κ2) is 48.6. The predicted octanol–water partition coefficient (Wildman–Crippen LogP) is 14.5. The highest BCUT2D eigenvalue weighted by molar-refractivity contribution is 8.76. The zero-order valence-electron chi connectivity index (χ0n) is 42.9. The van der Waals surface area contributed by atoms with Crippen molar-refractivity contribution in [2.75, 3.05) is 65.0 Å². The zero-order valence-corrected chi connectivity index (χ0v) is 44.5. The van der Waals surface area contributed by atoms with Crippen LogP contribution in [0.15, 0.2) is 0 Å². The summed E-state index contributed by atoms with van der Waals surface area (Å²) in [6, 6.07) is 0. The maximum Gasteiger partial charge on any atom is 0.409 e. The van der Waals surface area contributed by atoms with E-state index >= 15 is 0 Å². The Hall–Kier alpha value is -1.86. The molecule has 1 N–H and O–H groups in total. The van der Waals surface area contributed by atoms with E-state index in [1.165, 1.54) is 128 Å². The van der Waals surface area contributed by atoms with Gasteiger partial charge in [-0.15, -0.1) is 0 Å². The molecule has 13 heteroatoms. The summed E-state index contributed by atoms with van der Waals surface area (Å²) in [7, 11) is 7.01. The number of unbranched alkanes of at least 4 members (excludes halogenated alkanes) is 20. The fourth-order valence-electron chi connectivity index (χ4n) is 7.72. The minimum absolute atomic E-state index is 0.0509. The Bertz CT molecular complexity index is 1020. The Kier molecular flexibility index (Phi) is 47.2. The van der Waals surface area contributed by atoms with E-state index in [0.29, 0.717) is 50.6 Å². The zero-order chi connectivity index (χ0) is 47.9. The van der Waals surface area contributed by atoms with E-state index in [1.54, 1.807) is 26.5 Å². The van der Waals surface area contributed by atoms with Gasteiger partial charge in [-0.1, -0.05) is 178 Å². The van der Waals surface area contributed by atoms with E-state index in [1.807, 2.05) is 19.0 Å². The van der Waals surface area contributed by atoms with Crippen molar-refractivity contribution >= 4 is 45.7 Å². The highest BCUT2D eigenvalue weighted by atomic mass is 33.1. The van der Waals surface area contributed by atoms with Crippen LogP contribution in [0.5, 0.6) is 0 Å². The maximum atomic E-state index is 13.4.